The Labute approximate surface area is 87.9 Å². The summed E-state index contributed by atoms with van der Waals surface area (Å²) in [7, 11) is 1.93. The highest BCUT2D eigenvalue weighted by atomic mass is 16.3. The number of aryl methyl sites for hydroxylation is 2. The molecule has 0 fully saturated rings. The van der Waals surface area contributed by atoms with Gasteiger partial charge in [-0.3, -0.25) is 5.84 Å². The number of nitrogens with zero attached hydrogens (tertiary/aromatic N) is 2. The normalized spacial score (nSPS) is 13.0. The molecule has 0 aliphatic rings. The summed E-state index contributed by atoms with van der Waals surface area (Å²) in [6, 6.07) is 1.81. The zero-order chi connectivity index (χ0) is 10.8. The molecule has 80 valence electrons. The van der Waals surface area contributed by atoms with E-state index in [0.717, 1.165) is 17.1 Å². The topological polar surface area (TPSA) is 69.0 Å². The number of nitrogens with one attached hydrogen (secondary N) is 1. The van der Waals surface area contributed by atoms with Crippen LogP contribution in [0.2, 0.25) is 0 Å². The highest BCUT2D eigenvalue weighted by molar-refractivity contribution is 5.23. The average molecular weight is 206 g/mol. The lowest BCUT2D eigenvalue weighted by atomic mass is 10.1. The molecule has 3 N–H and O–H groups in total. The number of nitrogens with two attached hydrogens (primary N) is 1. The first-order chi connectivity index (χ1) is 7.22. The Balaban J connectivity index is 2.36. The van der Waals surface area contributed by atoms with Crippen molar-refractivity contribution >= 4 is 0 Å². The van der Waals surface area contributed by atoms with E-state index in [4.69, 9.17) is 10.3 Å². The van der Waals surface area contributed by atoms with Gasteiger partial charge in [0.15, 0.2) is 0 Å². The first-order valence-corrected chi connectivity index (χ1v) is 4.70. The van der Waals surface area contributed by atoms with E-state index in [1.54, 1.807) is 12.5 Å². The number of imidazole rings is 1. The van der Waals surface area contributed by atoms with Crippen LogP contribution in [0.1, 0.15) is 23.2 Å². The molecule has 0 saturated heterocycles. The summed E-state index contributed by atoms with van der Waals surface area (Å²) in [6.07, 6.45) is 5.31. The van der Waals surface area contributed by atoms with E-state index in [-0.39, 0.29) is 6.04 Å². The molecular formula is C10H14N4O. The van der Waals surface area contributed by atoms with E-state index in [2.05, 4.69) is 10.4 Å². The van der Waals surface area contributed by atoms with Gasteiger partial charge in [0, 0.05) is 25.0 Å². The van der Waals surface area contributed by atoms with Crippen LogP contribution in [0.5, 0.6) is 0 Å². The van der Waals surface area contributed by atoms with E-state index < -0.39 is 0 Å². The van der Waals surface area contributed by atoms with Crippen LogP contribution in [0.25, 0.3) is 0 Å². The summed E-state index contributed by atoms with van der Waals surface area (Å²) in [5.74, 6) is 7.25. The fraction of sp³-hybridized carbons (Fsp3) is 0.300. The number of hydrogen-bond acceptors (Lipinski definition) is 4. The highest BCUT2D eigenvalue weighted by Gasteiger charge is 2.18. The van der Waals surface area contributed by atoms with Crippen molar-refractivity contribution in [3.05, 3.63) is 41.9 Å². The average Bonchev–Trinajstić information content (AvgIpc) is 2.79. The van der Waals surface area contributed by atoms with Crippen LogP contribution in [0, 0.1) is 6.92 Å². The van der Waals surface area contributed by atoms with Gasteiger partial charge >= 0.3 is 0 Å². The SMILES string of the molecule is Cc1cc(C(NN)c2nccn2C)co1. The number of hydrogen-bond donors (Lipinski definition) is 2. The van der Waals surface area contributed by atoms with Gasteiger partial charge < -0.3 is 8.98 Å². The third kappa shape index (κ3) is 1.79. The standard InChI is InChI=1S/C10H14N4O/c1-7-5-8(6-15-7)9(13-11)10-12-3-4-14(10)2/h3-6,9,13H,11H2,1-2H3. The highest BCUT2D eigenvalue weighted by Crippen LogP contribution is 2.21. The first kappa shape index (κ1) is 9.95. The zero-order valence-electron chi connectivity index (χ0n) is 8.77. The van der Waals surface area contributed by atoms with Gasteiger partial charge in [0.25, 0.3) is 0 Å². The number of furan rings is 1. The Morgan fingerprint density at radius 3 is 2.87 bits per heavy atom. The van der Waals surface area contributed by atoms with Gasteiger partial charge in [0.1, 0.15) is 17.6 Å². The molecule has 5 nitrogen and oxygen atoms in total. The second kappa shape index (κ2) is 3.88. The Morgan fingerprint density at radius 2 is 2.40 bits per heavy atom. The summed E-state index contributed by atoms with van der Waals surface area (Å²) in [4.78, 5) is 4.25. The van der Waals surface area contributed by atoms with Crippen LogP contribution in [-0.4, -0.2) is 9.55 Å². The molecule has 0 aromatic carbocycles. The second-order valence-electron chi connectivity index (χ2n) is 3.49. The minimum atomic E-state index is -0.137. The van der Waals surface area contributed by atoms with E-state index >= 15 is 0 Å². The second-order valence-corrected chi connectivity index (χ2v) is 3.49. The summed E-state index contributed by atoms with van der Waals surface area (Å²) in [5.41, 5.74) is 3.71. The molecule has 0 aliphatic carbocycles. The van der Waals surface area contributed by atoms with E-state index in [0.29, 0.717) is 0 Å². The molecule has 1 unspecified atom stereocenters. The number of aromatic nitrogens is 2. The molecule has 2 aromatic rings. The van der Waals surface area contributed by atoms with Gasteiger partial charge in [0.2, 0.25) is 0 Å². The van der Waals surface area contributed by atoms with Gasteiger partial charge in [-0.05, 0) is 13.0 Å². The van der Waals surface area contributed by atoms with Crippen molar-refractivity contribution in [1.82, 2.24) is 15.0 Å². The van der Waals surface area contributed by atoms with Crippen LogP contribution < -0.4 is 11.3 Å². The Hall–Kier alpha value is -1.59. The molecule has 1 atom stereocenters. The smallest absolute Gasteiger partial charge is 0.131 e. The molecule has 2 aromatic heterocycles. The third-order valence-electron chi connectivity index (χ3n) is 2.37. The largest absolute Gasteiger partial charge is 0.469 e. The molecule has 0 amide bonds. The van der Waals surface area contributed by atoms with Gasteiger partial charge in [-0.15, -0.1) is 0 Å². The maximum absolute atomic E-state index is 5.53. The fourth-order valence-corrected chi connectivity index (χ4v) is 1.59. The Bertz CT molecular complexity index is 446. The summed E-state index contributed by atoms with van der Waals surface area (Å²) in [6.45, 7) is 1.90. The van der Waals surface area contributed by atoms with Crippen LogP contribution >= 0.6 is 0 Å². The predicted octanol–water partition coefficient (Wildman–Crippen LogP) is 0.874. The summed E-state index contributed by atoms with van der Waals surface area (Å²) in [5, 5.41) is 0. The molecular weight excluding hydrogens is 192 g/mol. The summed E-state index contributed by atoms with van der Waals surface area (Å²) >= 11 is 0. The quantitative estimate of drug-likeness (QED) is 0.577. The molecule has 2 rings (SSSR count). The minimum absolute atomic E-state index is 0.137. The fourth-order valence-electron chi connectivity index (χ4n) is 1.59. The van der Waals surface area contributed by atoms with Crippen molar-refractivity contribution in [2.45, 2.75) is 13.0 Å². The van der Waals surface area contributed by atoms with Gasteiger partial charge in [-0.1, -0.05) is 0 Å². The van der Waals surface area contributed by atoms with E-state index in [9.17, 15) is 0 Å². The number of hydrazine groups is 1. The summed E-state index contributed by atoms with van der Waals surface area (Å²) < 4.78 is 7.18. The maximum atomic E-state index is 5.53. The molecule has 0 saturated carbocycles. The van der Waals surface area contributed by atoms with Gasteiger partial charge in [0.05, 0.1) is 6.26 Å². The molecule has 0 radical (unpaired) electrons. The maximum Gasteiger partial charge on any atom is 0.131 e. The monoisotopic (exact) mass is 206 g/mol. The lowest BCUT2D eigenvalue weighted by Gasteiger charge is -2.13. The van der Waals surface area contributed by atoms with Gasteiger partial charge in [-0.25, -0.2) is 10.4 Å². The molecule has 5 heteroatoms. The van der Waals surface area contributed by atoms with Gasteiger partial charge in [-0.2, -0.15) is 0 Å². The molecule has 15 heavy (non-hydrogen) atoms. The van der Waals surface area contributed by atoms with Crippen molar-refractivity contribution in [3.63, 3.8) is 0 Å². The number of rotatable bonds is 3. The first-order valence-electron chi connectivity index (χ1n) is 4.70. The molecule has 0 aliphatic heterocycles. The van der Waals surface area contributed by atoms with Crippen molar-refractivity contribution < 1.29 is 4.42 Å². The van der Waals surface area contributed by atoms with Crippen molar-refractivity contribution in [2.24, 2.45) is 12.9 Å². The van der Waals surface area contributed by atoms with E-state index in [1.807, 2.05) is 30.8 Å². The Kier molecular flexibility index (Phi) is 2.57. The van der Waals surface area contributed by atoms with Crippen molar-refractivity contribution in [2.75, 3.05) is 0 Å². The predicted molar refractivity (Wildman–Crippen MR) is 55.8 cm³/mol. The molecule has 0 spiro atoms. The van der Waals surface area contributed by atoms with Crippen LogP contribution in [0.3, 0.4) is 0 Å². The van der Waals surface area contributed by atoms with Crippen LogP contribution in [-0.2, 0) is 7.05 Å². The molecule has 2 heterocycles. The zero-order valence-corrected chi connectivity index (χ0v) is 8.77. The lowest BCUT2D eigenvalue weighted by molar-refractivity contribution is 0.520. The minimum Gasteiger partial charge on any atom is -0.469 e. The van der Waals surface area contributed by atoms with E-state index in [1.165, 1.54) is 0 Å². The lowest BCUT2D eigenvalue weighted by Crippen LogP contribution is -2.30. The van der Waals surface area contributed by atoms with Crippen molar-refractivity contribution in [1.29, 1.82) is 0 Å². The van der Waals surface area contributed by atoms with Crippen LogP contribution in [0.4, 0.5) is 0 Å². The Morgan fingerprint density at radius 1 is 1.60 bits per heavy atom. The molecule has 0 bridgehead atoms. The van der Waals surface area contributed by atoms with Crippen LogP contribution in [0.15, 0.2) is 29.1 Å². The third-order valence-corrected chi connectivity index (χ3v) is 2.37. The van der Waals surface area contributed by atoms with Crippen molar-refractivity contribution in [3.8, 4) is 0 Å².